The number of aromatic nitrogens is 1. The van der Waals surface area contributed by atoms with E-state index in [0.717, 1.165) is 36.9 Å². The van der Waals surface area contributed by atoms with Crippen molar-refractivity contribution in [3.63, 3.8) is 0 Å². The van der Waals surface area contributed by atoms with E-state index in [0.29, 0.717) is 16.8 Å². The summed E-state index contributed by atoms with van der Waals surface area (Å²) in [4.78, 5) is 4.47. The minimum Gasteiger partial charge on any atom is -0.409 e. The van der Waals surface area contributed by atoms with Crippen LogP contribution >= 0.6 is 11.6 Å². The summed E-state index contributed by atoms with van der Waals surface area (Å²) in [6.45, 7) is 0. The highest BCUT2D eigenvalue weighted by molar-refractivity contribution is 6.30. The van der Waals surface area contributed by atoms with Gasteiger partial charge in [0.05, 0.1) is 5.52 Å². The molecule has 3 aromatic rings. The smallest absolute Gasteiger partial charge is 0.149 e. The molecule has 0 unspecified atom stereocenters. The van der Waals surface area contributed by atoms with E-state index in [1.807, 2.05) is 36.5 Å². The van der Waals surface area contributed by atoms with Crippen molar-refractivity contribution in [2.45, 2.75) is 31.6 Å². The molecule has 4 rings (SSSR count). The molecule has 1 aromatic heterocycles. The van der Waals surface area contributed by atoms with Crippen molar-refractivity contribution in [3.05, 3.63) is 71.4 Å². The molecule has 1 fully saturated rings. The molecule has 1 heterocycles. The van der Waals surface area contributed by atoms with E-state index in [9.17, 15) is 5.21 Å². The molecule has 2 aromatic carbocycles. The molecule has 138 valence electrons. The molecular weight excluding hydrogens is 358 g/mol. The van der Waals surface area contributed by atoms with Gasteiger partial charge in [0.25, 0.3) is 0 Å². The Hall–Kier alpha value is -2.59. The number of fused-ring (bicyclic) bond motifs is 1. The molecular formula is C22H22ClN3O. The topological polar surface area (TPSA) is 57.5 Å². The maximum Gasteiger partial charge on any atom is 0.149 e. The number of rotatable bonds is 3. The van der Waals surface area contributed by atoms with Crippen LogP contribution in [0.25, 0.3) is 10.9 Å². The molecule has 0 amide bonds. The number of nitrogens with zero attached hydrogens (tertiary/aromatic N) is 2. The molecule has 2 N–H and O–H groups in total. The van der Waals surface area contributed by atoms with Crippen LogP contribution in [0.3, 0.4) is 0 Å². The average Bonchev–Trinajstić information content (AvgIpc) is 2.73. The number of amidine groups is 1. The van der Waals surface area contributed by atoms with E-state index < -0.39 is 0 Å². The van der Waals surface area contributed by atoms with E-state index in [1.165, 1.54) is 10.9 Å². The molecule has 0 aliphatic heterocycles. The van der Waals surface area contributed by atoms with Crippen LogP contribution in [-0.4, -0.2) is 16.0 Å². The first-order valence-electron chi connectivity index (χ1n) is 9.33. The summed E-state index contributed by atoms with van der Waals surface area (Å²) in [5, 5.41) is 18.2. The van der Waals surface area contributed by atoms with Crippen molar-refractivity contribution in [2.24, 2.45) is 11.1 Å². The fraction of sp³-hybridized carbons (Fsp3) is 0.273. The maximum absolute atomic E-state index is 9.51. The van der Waals surface area contributed by atoms with Gasteiger partial charge >= 0.3 is 0 Å². The van der Waals surface area contributed by atoms with Gasteiger partial charge in [-0.15, -0.1) is 0 Å². The lowest BCUT2D eigenvalue weighted by Crippen LogP contribution is -2.27. The zero-order valence-electron chi connectivity index (χ0n) is 15.0. The van der Waals surface area contributed by atoms with Crippen LogP contribution in [-0.2, 0) is 0 Å². The summed E-state index contributed by atoms with van der Waals surface area (Å²) in [5.74, 6) is 1.38. The van der Waals surface area contributed by atoms with E-state index in [1.54, 1.807) is 0 Å². The van der Waals surface area contributed by atoms with Gasteiger partial charge in [-0.3, -0.25) is 4.98 Å². The van der Waals surface area contributed by atoms with Crippen molar-refractivity contribution >= 4 is 34.0 Å². The third kappa shape index (κ3) is 3.91. The second kappa shape index (κ2) is 7.97. The van der Waals surface area contributed by atoms with Crippen LogP contribution in [0.5, 0.6) is 0 Å². The van der Waals surface area contributed by atoms with Gasteiger partial charge in [-0.05, 0) is 73.6 Å². The Morgan fingerprint density at radius 3 is 2.48 bits per heavy atom. The van der Waals surface area contributed by atoms with Crippen molar-refractivity contribution in [3.8, 4) is 0 Å². The highest BCUT2D eigenvalue weighted by Gasteiger charge is 2.27. The van der Waals surface area contributed by atoms with Gasteiger partial charge in [-0.1, -0.05) is 35.0 Å². The fourth-order valence-corrected chi connectivity index (χ4v) is 4.17. The van der Waals surface area contributed by atoms with E-state index in [4.69, 9.17) is 11.6 Å². The van der Waals surface area contributed by atoms with Gasteiger partial charge < -0.3 is 10.5 Å². The minimum absolute atomic E-state index is 0.232. The number of nitrogens with one attached hydrogen (secondary N) is 1. The number of pyridine rings is 1. The summed E-state index contributed by atoms with van der Waals surface area (Å²) < 4.78 is 0. The molecule has 4 nitrogen and oxygen atoms in total. The van der Waals surface area contributed by atoms with Crippen molar-refractivity contribution < 1.29 is 5.21 Å². The highest BCUT2D eigenvalue weighted by atomic mass is 35.5. The Morgan fingerprint density at radius 2 is 1.74 bits per heavy atom. The van der Waals surface area contributed by atoms with Gasteiger partial charge in [-0.2, -0.15) is 0 Å². The summed E-state index contributed by atoms with van der Waals surface area (Å²) in [6.07, 6.45) is 6.02. The molecule has 0 atom stereocenters. The van der Waals surface area contributed by atoms with Gasteiger partial charge in [0.2, 0.25) is 0 Å². The van der Waals surface area contributed by atoms with E-state index >= 15 is 0 Å². The summed E-state index contributed by atoms with van der Waals surface area (Å²) in [7, 11) is 0. The molecule has 1 saturated carbocycles. The Kier molecular flexibility index (Phi) is 5.26. The number of halogens is 1. The normalized spacial score (nSPS) is 20.6. The number of para-hydroxylation sites is 1. The monoisotopic (exact) mass is 379 g/mol. The Morgan fingerprint density at radius 1 is 1.00 bits per heavy atom. The SMILES string of the molecule is O/N=C(/Nc1ccc(Cl)cc1)C1CCC(c2ccnc3ccccc23)CC1. The van der Waals surface area contributed by atoms with Gasteiger partial charge in [0, 0.05) is 28.2 Å². The Bertz CT molecular complexity index is 942. The number of hydrogen-bond acceptors (Lipinski definition) is 3. The molecule has 0 radical (unpaired) electrons. The van der Waals surface area contributed by atoms with Crippen molar-refractivity contribution in [1.82, 2.24) is 4.98 Å². The van der Waals surface area contributed by atoms with E-state index in [-0.39, 0.29) is 5.92 Å². The molecule has 27 heavy (non-hydrogen) atoms. The molecule has 0 saturated heterocycles. The van der Waals surface area contributed by atoms with Crippen LogP contribution in [0.15, 0.2) is 65.9 Å². The van der Waals surface area contributed by atoms with Gasteiger partial charge in [0.1, 0.15) is 5.84 Å². The molecule has 1 aliphatic rings. The zero-order valence-corrected chi connectivity index (χ0v) is 15.7. The zero-order chi connectivity index (χ0) is 18.6. The largest absolute Gasteiger partial charge is 0.409 e. The van der Waals surface area contributed by atoms with Crippen LogP contribution in [0, 0.1) is 5.92 Å². The second-order valence-corrected chi connectivity index (χ2v) is 7.52. The third-order valence-corrected chi connectivity index (χ3v) is 5.71. The van der Waals surface area contributed by atoms with Crippen molar-refractivity contribution in [1.29, 1.82) is 0 Å². The lowest BCUT2D eigenvalue weighted by atomic mass is 9.77. The molecule has 1 aliphatic carbocycles. The molecule has 0 spiro atoms. The lowest BCUT2D eigenvalue weighted by molar-refractivity contribution is 0.307. The van der Waals surface area contributed by atoms with Gasteiger partial charge in [0.15, 0.2) is 0 Å². The van der Waals surface area contributed by atoms with Crippen molar-refractivity contribution in [2.75, 3.05) is 5.32 Å². The number of oxime groups is 1. The lowest BCUT2D eigenvalue weighted by Gasteiger charge is -2.30. The second-order valence-electron chi connectivity index (χ2n) is 7.08. The molecule has 5 heteroatoms. The summed E-state index contributed by atoms with van der Waals surface area (Å²) in [6, 6.07) is 17.9. The predicted molar refractivity (Wildman–Crippen MR) is 111 cm³/mol. The average molecular weight is 380 g/mol. The third-order valence-electron chi connectivity index (χ3n) is 5.46. The Balaban J connectivity index is 1.45. The number of anilines is 1. The van der Waals surface area contributed by atoms with Crippen LogP contribution in [0.2, 0.25) is 5.02 Å². The van der Waals surface area contributed by atoms with Crippen LogP contribution < -0.4 is 5.32 Å². The quantitative estimate of drug-likeness (QED) is 0.251. The number of benzene rings is 2. The first-order valence-corrected chi connectivity index (χ1v) is 9.70. The first kappa shape index (κ1) is 17.8. The first-order chi connectivity index (χ1) is 13.2. The van der Waals surface area contributed by atoms with Gasteiger partial charge in [-0.25, -0.2) is 0 Å². The predicted octanol–water partition coefficient (Wildman–Crippen LogP) is 6.06. The van der Waals surface area contributed by atoms with Crippen LogP contribution in [0.1, 0.15) is 37.2 Å². The summed E-state index contributed by atoms with van der Waals surface area (Å²) >= 11 is 5.93. The number of hydrogen-bond donors (Lipinski definition) is 2. The Labute approximate surface area is 163 Å². The van der Waals surface area contributed by atoms with E-state index in [2.05, 4.69) is 39.7 Å². The van der Waals surface area contributed by atoms with Crippen LogP contribution in [0.4, 0.5) is 5.69 Å². The molecule has 0 bridgehead atoms. The maximum atomic E-state index is 9.51. The fourth-order valence-electron chi connectivity index (χ4n) is 4.04. The highest BCUT2D eigenvalue weighted by Crippen LogP contribution is 2.38. The standard InChI is InChI=1S/C22H22ClN3O/c23-17-9-11-18(12-10-17)25-22(26-27)16-7-5-15(6-8-16)19-13-14-24-21-4-2-1-3-20(19)21/h1-4,9-16,27H,5-8H2,(H,25,26). The summed E-state index contributed by atoms with van der Waals surface area (Å²) in [5.41, 5.74) is 3.32. The minimum atomic E-state index is 0.232.